The number of rotatable bonds is 3. The van der Waals surface area contributed by atoms with Crippen LogP contribution in [0.5, 0.6) is 0 Å². The Bertz CT molecular complexity index is 833. The summed E-state index contributed by atoms with van der Waals surface area (Å²) in [6.45, 7) is 5.03. The molecule has 1 saturated heterocycles. The van der Waals surface area contributed by atoms with E-state index in [1.54, 1.807) is 18.2 Å². The molecule has 0 aliphatic carbocycles. The molecule has 1 aromatic carbocycles. The summed E-state index contributed by atoms with van der Waals surface area (Å²) in [6.07, 6.45) is 1.90. The lowest BCUT2D eigenvalue weighted by Gasteiger charge is -2.33. The predicted molar refractivity (Wildman–Crippen MR) is 101 cm³/mol. The average Bonchev–Trinajstić information content (AvgIpc) is 3.24. The summed E-state index contributed by atoms with van der Waals surface area (Å²) in [5, 5.41) is 10.1. The minimum atomic E-state index is -0.917. The highest BCUT2D eigenvalue weighted by molar-refractivity contribution is 8.18. The number of carboxylic acid groups (broad SMARTS) is 1. The molecule has 0 bridgehead atoms. The maximum absolute atomic E-state index is 13.1. The van der Waals surface area contributed by atoms with Crippen LogP contribution < -0.4 is 0 Å². The first-order valence-electron chi connectivity index (χ1n) is 8.88. The number of carbonyl (C=O) groups excluding carboxylic acids is 1. The molecular formula is C19H21N3O3S. The number of allylic oxidation sites excluding steroid dienone is 1. The van der Waals surface area contributed by atoms with Gasteiger partial charge in [0.25, 0.3) is 5.91 Å². The number of amidine groups is 1. The number of amides is 1. The van der Waals surface area contributed by atoms with E-state index in [1.165, 1.54) is 11.8 Å². The van der Waals surface area contributed by atoms with E-state index in [1.807, 2.05) is 17.9 Å². The molecule has 0 radical (unpaired) electrons. The Balaban J connectivity index is 1.51. The van der Waals surface area contributed by atoms with Crippen LogP contribution in [0.1, 0.15) is 41.6 Å². The second-order valence-electron chi connectivity index (χ2n) is 6.85. The summed E-state index contributed by atoms with van der Waals surface area (Å²) < 4.78 is 0. The van der Waals surface area contributed by atoms with Crippen molar-refractivity contribution in [2.24, 2.45) is 4.99 Å². The van der Waals surface area contributed by atoms with E-state index in [9.17, 15) is 14.7 Å². The fourth-order valence-electron chi connectivity index (χ4n) is 3.81. The largest absolute Gasteiger partial charge is 0.478 e. The van der Waals surface area contributed by atoms with Crippen LogP contribution in [0.15, 0.2) is 39.9 Å². The predicted octanol–water partition coefficient (Wildman–Crippen LogP) is 2.74. The van der Waals surface area contributed by atoms with E-state index in [-0.39, 0.29) is 11.8 Å². The smallest absolute Gasteiger partial charge is 0.335 e. The lowest BCUT2D eigenvalue weighted by molar-refractivity contribution is -0.127. The monoisotopic (exact) mass is 371 g/mol. The number of fused-ring (bicyclic) bond motifs is 1. The SMILES string of the molecule is CC1=C(C(=O)N2CCCC(c3cccc(C(=O)O)c3)C2)SC2=NCCN21. The third-order valence-electron chi connectivity index (χ3n) is 5.24. The summed E-state index contributed by atoms with van der Waals surface area (Å²) in [5.74, 6) is -0.666. The van der Waals surface area contributed by atoms with Crippen molar-refractivity contribution in [3.63, 3.8) is 0 Å². The zero-order chi connectivity index (χ0) is 18.3. The molecule has 136 valence electrons. The molecule has 6 nitrogen and oxygen atoms in total. The summed E-state index contributed by atoms with van der Waals surface area (Å²) in [5.41, 5.74) is 2.30. The Labute approximate surface area is 156 Å². The minimum absolute atomic E-state index is 0.0729. The normalized spacial score (nSPS) is 22.5. The van der Waals surface area contributed by atoms with E-state index in [0.29, 0.717) is 12.1 Å². The highest BCUT2D eigenvalue weighted by Crippen LogP contribution is 2.38. The number of aliphatic imine (C=N–C) groups is 1. The zero-order valence-corrected chi connectivity index (χ0v) is 15.5. The van der Waals surface area contributed by atoms with E-state index in [2.05, 4.69) is 9.89 Å². The molecule has 26 heavy (non-hydrogen) atoms. The van der Waals surface area contributed by atoms with Gasteiger partial charge in [-0.3, -0.25) is 9.79 Å². The highest BCUT2D eigenvalue weighted by Gasteiger charge is 2.36. The second kappa shape index (κ2) is 6.79. The highest BCUT2D eigenvalue weighted by atomic mass is 32.2. The Morgan fingerprint density at radius 2 is 2.15 bits per heavy atom. The molecule has 1 aromatic rings. The maximum atomic E-state index is 13.1. The molecule has 0 aromatic heterocycles. The van der Waals surface area contributed by atoms with Gasteiger partial charge in [0, 0.05) is 31.2 Å². The van der Waals surface area contributed by atoms with Gasteiger partial charge in [-0.15, -0.1) is 0 Å². The zero-order valence-electron chi connectivity index (χ0n) is 14.6. The maximum Gasteiger partial charge on any atom is 0.335 e. The Morgan fingerprint density at radius 3 is 2.92 bits per heavy atom. The molecule has 3 aliphatic heterocycles. The molecule has 3 heterocycles. The van der Waals surface area contributed by atoms with Gasteiger partial charge in [0.05, 0.1) is 17.0 Å². The van der Waals surface area contributed by atoms with Gasteiger partial charge in [0.1, 0.15) is 0 Å². The number of hydrogen-bond donors (Lipinski definition) is 1. The van der Waals surface area contributed by atoms with Gasteiger partial charge in [-0.05, 0) is 49.2 Å². The number of piperidine rings is 1. The van der Waals surface area contributed by atoms with Gasteiger partial charge in [-0.2, -0.15) is 0 Å². The summed E-state index contributed by atoms with van der Waals surface area (Å²) >= 11 is 1.48. The molecule has 1 amide bonds. The van der Waals surface area contributed by atoms with Crippen LogP contribution in [0.25, 0.3) is 0 Å². The Hall–Kier alpha value is -2.28. The van der Waals surface area contributed by atoms with Crippen molar-refractivity contribution >= 4 is 28.8 Å². The van der Waals surface area contributed by atoms with Crippen LogP contribution in [0.2, 0.25) is 0 Å². The van der Waals surface area contributed by atoms with Crippen molar-refractivity contribution in [2.75, 3.05) is 26.2 Å². The van der Waals surface area contributed by atoms with Crippen LogP contribution in [-0.2, 0) is 4.79 Å². The number of nitrogens with zero attached hydrogens (tertiary/aromatic N) is 3. The van der Waals surface area contributed by atoms with Crippen molar-refractivity contribution in [3.05, 3.63) is 46.0 Å². The van der Waals surface area contributed by atoms with Gasteiger partial charge in [-0.1, -0.05) is 12.1 Å². The summed E-state index contributed by atoms with van der Waals surface area (Å²) in [4.78, 5) is 33.6. The number of benzene rings is 1. The van der Waals surface area contributed by atoms with Crippen molar-refractivity contribution in [2.45, 2.75) is 25.7 Å². The number of carboxylic acids is 1. The number of thioether (sulfide) groups is 1. The Kier molecular flexibility index (Phi) is 4.48. The van der Waals surface area contributed by atoms with Crippen LogP contribution in [0, 0.1) is 0 Å². The van der Waals surface area contributed by atoms with Crippen LogP contribution in [0.4, 0.5) is 0 Å². The van der Waals surface area contributed by atoms with Gasteiger partial charge >= 0.3 is 5.97 Å². The fourth-order valence-corrected chi connectivity index (χ4v) is 4.97. The van der Waals surface area contributed by atoms with E-state index in [0.717, 1.165) is 53.8 Å². The molecule has 1 fully saturated rings. The standard InChI is InChI=1S/C19H21N3O3S/c1-12-16(26-19-20-7-9-22(12)19)17(23)21-8-3-6-15(11-21)13-4-2-5-14(10-13)18(24)25/h2,4-5,10,15H,3,6-9,11H2,1H3,(H,24,25). The second-order valence-corrected chi connectivity index (χ2v) is 7.83. The molecule has 0 spiro atoms. The molecule has 3 aliphatic rings. The molecule has 7 heteroatoms. The average molecular weight is 371 g/mol. The molecule has 4 rings (SSSR count). The number of aromatic carboxylic acids is 1. The van der Waals surface area contributed by atoms with Crippen molar-refractivity contribution in [1.29, 1.82) is 0 Å². The van der Waals surface area contributed by atoms with Gasteiger partial charge in [0.15, 0.2) is 5.17 Å². The summed E-state index contributed by atoms with van der Waals surface area (Å²) in [6, 6.07) is 7.09. The molecule has 1 atom stereocenters. The van der Waals surface area contributed by atoms with Gasteiger partial charge < -0.3 is 14.9 Å². The quantitative estimate of drug-likeness (QED) is 0.884. The molecule has 0 saturated carbocycles. The van der Waals surface area contributed by atoms with Gasteiger partial charge in [0.2, 0.25) is 0 Å². The fraction of sp³-hybridized carbons (Fsp3) is 0.421. The lowest BCUT2D eigenvalue weighted by Crippen LogP contribution is -2.39. The number of carbonyl (C=O) groups is 2. The molecular weight excluding hydrogens is 350 g/mol. The van der Waals surface area contributed by atoms with Crippen molar-refractivity contribution in [1.82, 2.24) is 9.80 Å². The van der Waals surface area contributed by atoms with Crippen molar-refractivity contribution < 1.29 is 14.7 Å². The first-order chi connectivity index (χ1) is 12.5. The third-order valence-corrected chi connectivity index (χ3v) is 6.44. The van der Waals surface area contributed by atoms with Crippen LogP contribution in [-0.4, -0.2) is 58.1 Å². The van der Waals surface area contributed by atoms with E-state index >= 15 is 0 Å². The topological polar surface area (TPSA) is 73.2 Å². The van der Waals surface area contributed by atoms with Crippen molar-refractivity contribution in [3.8, 4) is 0 Å². The molecule has 1 unspecified atom stereocenters. The first-order valence-corrected chi connectivity index (χ1v) is 9.69. The minimum Gasteiger partial charge on any atom is -0.478 e. The first kappa shape index (κ1) is 17.1. The number of likely N-dealkylation sites (tertiary alicyclic amines) is 1. The van der Waals surface area contributed by atoms with Crippen LogP contribution >= 0.6 is 11.8 Å². The van der Waals surface area contributed by atoms with Gasteiger partial charge in [-0.25, -0.2) is 4.79 Å². The lowest BCUT2D eigenvalue weighted by atomic mass is 9.89. The van der Waals surface area contributed by atoms with E-state index in [4.69, 9.17) is 0 Å². The van der Waals surface area contributed by atoms with E-state index < -0.39 is 5.97 Å². The Morgan fingerprint density at radius 1 is 1.31 bits per heavy atom. The summed E-state index contributed by atoms with van der Waals surface area (Å²) in [7, 11) is 0. The molecule has 1 N–H and O–H groups in total. The van der Waals surface area contributed by atoms with Crippen LogP contribution in [0.3, 0.4) is 0 Å². The number of hydrogen-bond acceptors (Lipinski definition) is 5. The third kappa shape index (κ3) is 3.00.